The molecule has 23 heavy (non-hydrogen) atoms. The van der Waals surface area contributed by atoms with Crippen LogP contribution in [0.3, 0.4) is 0 Å². The molecule has 1 aromatic carbocycles. The number of hydrogen-bond acceptors (Lipinski definition) is 5. The van der Waals surface area contributed by atoms with Crippen LogP contribution in [0.4, 0.5) is 0 Å². The van der Waals surface area contributed by atoms with E-state index in [0.29, 0.717) is 43.2 Å². The topological polar surface area (TPSA) is 85.1 Å². The van der Waals surface area contributed by atoms with Crippen molar-refractivity contribution in [1.29, 1.82) is 0 Å². The second kappa shape index (κ2) is 7.06. The fourth-order valence-corrected chi connectivity index (χ4v) is 2.63. The molecule has 2 N–H and O–H groups in total. The first kappa shape index (κ1) is 17.4. The highest BCUT2D eigenvalue weighted by Gasteiger charge is 2.27. The molecule has 0 radical (unpaired) electrons. The average Bonchev–Trinajstić information content (AvgIpc) is 3.01. The smallest absolute Gasteiger partial charge is 0.254 e. The van der Waals surface area contributed by atoms with Crippen LogP contribution in [-0.4, -0.2) is 60.6 Å². The van der Waals surface area contributed by atoms with E-state index in [9.17, 15) is 9.59 Å². The number of piperazine rings is 1. The van der Waals surface area contributed by atoms with Gasteiger partial charge in [-0.15, -0.1) is 12.4 Å². The van der Waals surface area contributed by atoms with Gasteiger partial charge in [-0.05, 0) is 25.1 Å². The third-order valence-electron chi connectivity index (χ3n) is 3.89. The molecule has 2 amide bonds. The van der Waals surface area contributed by atoms with E-state index in [1.54, 1.807) is 34.9 Å². The highest BCUT2D eigenvalue weighted by atomic mass is 35.5. The summed E-state index contributed by atoms with van der Waals surface area (Å²) >= 11 is 0. The Kier molecular flexibility index (Phi) is 5.33. The zero-order valence-electron chi connectivity index (χ0n) is 12.9. The van der Waals surface area contributed by atoms with Gasteiger partial charge in [0, 0.05) is 31.7 Å². The Bertz CT molecular complexity index is 600. The second-order valence-corrected chi connectivity index (χ2v) is 5.47. The van der Waals surface area contributed by atoms with E-state index >= 15 is 0 Å². The Labute approximate surface area is 140 Å². The SMILES string of the molecule is C[C@@H](N)C(=O)N1CCN(C(=O)c2ccc3c(c2)OCO3)CC1.Cl. The largest absolute Gasteiger partial charge is 0.454 e. The van der Waals surface area contributed by atoms with E-state index in [1.807, 2.05) is 0 Å². The zero-order valence-corrected chi connectivity index (χ0v) is 13.7. The minimum Gasteiger partial charge on any atom is -0.454 e. The number of carbonyl (C=O) groups excluding carboxylic acids is 2. The first-order chi connectivity index (χ1) is 10.6. The summed E-state index contributed by atoms with van der Waals surface area (Å²) in [6, 6.07) is 4.67. The summed E-state index contributed by atoms with van der Waals surface area (Å²) in [6.07, 6.45) is 0. The number of carbonyl (C=O) groups is 2. The minimum absolute atomic E-state index is 0. The summed E-state index contributed by atoms with van der Waals surface area (Å²) in [6.45, 7) is 3.89. The van der Waals surface area contributed by atoms with Gasteiger partial charge in [0.25, 0.3) is 5.91 Å². The number of halogens is 1. The highest BCUT2D eigenvalue weighted by molar-refractivity contribution is 5.95. The lowest BCUT2D eigenvalue weighted by atomic mass is 10.1. The number of hydrogen-bond donors (Lipinski definition) is 1. The van der Waals surface area contributed by atoms with Gasteiger partial charge in [0.2, 0.25) is 12.7 Å². The standard InChI is InChI=1S/C15H19N3O4.ClH/c1-10(16)14(19)17-4-6-18(7-5-17)15(20)11-2-3-12-13(8-11)22-9-21-12;/h2-3,8,10H,4-7,9,16H2,1H3;1H/t10-;/m1./s1. The summed E-state index contributed by atoms with van der Waals surface area (Å²) in [7, 11) is 0. The van der Waals surface area contributed by atoms with Crippen molar-refractivity contribution in [3.8, 4) is 11.5 Å². The quantitative estimate of drug-likeness (QED) is 0.845. The van der Waals surface area contributed by atoms with Crippen molar-refractivity contribution in [2.45, 2.75) is 13.0 Å². The molecule has 2 aliphatic heterocycles. The monoisotopic (exact) mass is 341 g/mol. The molecule has 126 valence electrons. The Morgan fingerprint density at radius 2 is 1.70 bits per heavy atom. The van der Waals surface area contributed by atoms with E-state index < -0.39 is 6.04 Å². The second-order valence-electron chi connectivity index (χ2n) is 5.47. The molecular weight excluding hydrogens is 322 g/mol. The molecule has 0 unspecified atom stereocenters. The van der Waals surface area contributed by atoms with Crippen LogP contribution in [0.25, 0.3) is 0 Å². The van der Waals surface area contributed by atoms with Crippen molar-refractivity contribution in [1.82, 2.24) is 9.80 Å². The Morgan fingerprint density at radius 1 is 1.09 bits per heavy atom. The van der Waals surface area contributed by atoms with Crippen LogP contribution in [0.15, 0.2) is 18.2 Å². The van der Waals surface area contributed by atoms with E-state index in [0.717, 1.165) is 0 Å². The van der Waals surface area contributed by atoms with Crippen molar-refractivity contribution in [2.24, 2.45) is 5.73 Å². The van der Waals surface area contributed by atoms with Crippen LogP contribution in [0.2, 0.25) is 0 Å². The zero-order chi connectivity index (χ0) is 15.7. The van der Waals surface area contributed by atoms with Crippen LogP contribution < -0.4 is 15.2 Å². The summed E-state index contributed by atoms with van der Waals surface area (Å²) in [5, 5.41) is 0. The lowest BCUT2D eigenvalue weighted by Crippen LogP contribution is -2.53. The van der Waals surface area contributed by atoms with Crippen molar-refractivity contribution in [3.63, 3.8) is 0 Å². The van der Waals surface area contributed by atoms with Gasteiger partial charge in [-0.25, -0.2) is 0 Å². The molecule has 0 spiro atoms. The molecule has 1 saturated heterocycles. The minimum atomic E-state index is -0.504. The number of ether oxygens (including phenoxy) is 2. The van der Waals surface area contributed by atoms with E-state index in [1.165, 1.54) is 0 Å². The van der Waals surface area contributed by atoms with Crippen LogP contribution >= 0.6 is 12.4 Å². The first-order valence-corrected chi connectivity index (χ1v) is 7.29. The molecular formula is C15H20ClN3O4. The van der Waals surface area contributed by atoms with Crippen molar-refractivity contribution >= 4 is 24.2 Å². The molecule has 2 heterocycles. The van der Waals surface area contributed by atoms with E-state index in [2.05, 4.69) is 0 Å². The molecule has 7 nitrogen and oxygen atoms in total. The molecule has 1 fully saturated rings. The number of amides is 2. The third-order valence-corrected chi connectivity index (χ3v) is 3.89. The van der Waals surface area contributed by atoms with Gasteiger partial charge >= 0.3 is 0 Å². The summed E-state index contributed by atoms with van der Waals surface area (Å²) in [5.74, 6) is 1.11. The third kappa shape index (κ3) is 3.51. The van der Waals surface area contributed by atoms with E-state index in [-0.39, 0.29) is 31.0 Å². The van der Waals surface area contributed by atoms with Crippen LogP contribution in [-0.2, 0) is 4.79 Å². The summed E-state index contributed by atoms with van der Waals surface area (Å²) < 4.78 is 10.5. The molecule has 1 atom stereocenters. The van der Waals surface area contributed by atoms with Gasteiger partial charge < -0.3 is 25.0 Å². The molecule has 1 aromatic rings. The summed E-state index contributed by atoms with van der Waals surface area (Å²) in [4.78, 5) is 27.8. The molecule has 0 bridgehead atoms. The predicted octanol–water partition coefficient (Wildman–Crippen LogP) is 0.469. The molecule has 3 rings (SSSR count). The number of rotatable bonds is 2. The van der Waals surface area contributed by atoms with Gasteiger partial charge in [0.1, 0.15) is 0 Å². The van der Waals surface area contributed by atoms with Crippen molar-refractivity contribution in [3.05, 3.63) is 23.8 Å². The number of benzene rings is 1. The number of fused-ring (bicyclic) bond motifs is 1. The van der Waals surface area contributed by atoms with Crippen LogP contribution in [0.1, 0.15) is 17.3 Å². The fraction of sp³-hybridized carbons (Fsp3) is 0.467. The maximum atomic E-state index is 12.5. The van der Waals surface area contributed by atoms with Gasteiger partial charge in [0.05, 0.1) is 6.04 Å². The van der Waals surface area contributed by atoms with Crippen molar-refractivity contribution in [2.75, 3.05) is 33.0 Å². The van der Waals surface area contributed by atoms with Crippen LogP contribution in [0.5, 0.6) is 11.5 Å². The van der Waals surface area contributed by atoms with Gasteiger partial charge in [-0.3, -0.25) is 9.59 Å². The Balaban J connectivity index is 0.00000192. The molecule has 0 saturated carbocycles. The predicted molar refractivity (Wildman–Crippen MR) is 85.9 cm³/mol. The highest BCUT2D eigenvalue weighted by Crippen LogP contribution is 2.32. The van der Waals surface area contributed by atoms with Gasteiger partial charge in [0.15, 0.2) is 11.5 Å². The van der Waals surface area contributed by atoms with E-state index in [4.69, 9.17) is 15.2 Å². The summed E-state index contributed by atoms with van der Waals surface area (Å²) in [5.41, 5.74) is 6.17. The average molecular weight is 342 g/mol. The first-order valence-electron chi connectivity index (χ1n) is 7.29. The Hall–Kier alpha value is -1.99. The van der Waals surface area contributed by atoms with Crippen LogP contribution in [0, 0.1) is 0 Å². The molecule has 2 aliphatic rings. The number of nitrogens with two attached hydrogens (primary N) is 1. The van der Waals surface area contributed by atoms with Gasteiger partial charge in [-0.2, -0.15) is 0 Å². The Morgan fingerprint density at radius 3 is 2.35 bits per heavy atom. The normalized spacial score (nSPS) is 17.5. The molecule has 8 heteroatoms. The molecule has 0 aromatic heterocycles. The maximum Gasteiger partial charge on any atom is 0.254 e. The lowest BCUT2D eigenvalue weighted by Gasteiger charge is -2.35. The maximum absolute atomic E-state index is 12.5. The lowest BCUT2D eigenvalue weighted by molar-refractivity contribution is -0.133. The van der Waals surface area contributed by atoms with Gasteiger partial charge in [-0.1, -0.05) is 0 Å². The van der Waals surface area contributed by atoms with Crippen molar-refractivity contribution < 1.29 is 19.1 Å². The molecule has 0 aliphatic carbocycles. The number of nitrogens with zero attached hydrogens (tertiary/aromatic N) is 2. The fourth-order valence-electron chi connectivity index (χ4n) is 2.63.